The molecule has 0 spiro atoms. The molecule has 0 saturated heterocycles. The molecule has 0 fully saturated rings. The number of rotatable bonds is 2. The summed E-state index contributed by atoms with van der Waals surface area (Å²) in [5, 5.41) is 0. The van der Waals surface area contributed by atoms with Crippen molar-refractivity contribution in [2.45, 2.75) is 20.3 Å². The van der Waals surface area contributed by atoms with E-state index >= 15 is 0 Å². The predicted molar refractivity (Wildman–Crippen MR) is 38.5 cm³/mol. The van der Waals surface area contributed by atoms with Gasteiger partial charge in [-0.15, -0.1) is 0 Å². The summed E-state index contributed by atoms with van der Waals surface area (Å²) in [5.41, 5.74) is 0.625. The zero-order valence-corrected chi connectivity index (χ0v) is 6.11. The summed E-state index contributed by atoms with van der Waals surface area (Å²) in [6.45, 7) is 3.49. The van der Waals surface area contributed by atoms with E-state index in [0.717, 1.165) is 0 Å². The van der Waals surface area contributed by atoms with E-state index in [9.17, 15) is 4.39 Å². The van der Waals surface area contributed by atoms with Gasteiger partial charge in [0.05, 0.1) is 0 Å². The smallest absolute Gasteiger partial charge is 0.104 e. The SMILES string of the molecule is CC/C(F)=C(/C)C=NC. The van der Waals surface area contributed by atoms with Gasteiger partial charge in [-0.05, 0) is 18.9 Å². The molecule has 0 radical (unpaired) electrons. The van der Waals surface area contributed by atoms with Gasteiger partial charge >= 0.3 is 0 Å². The van der Waals surface area contributed by atoms with Crippen molar-refractivity contribution in [2.75, 3.05) is 7.05 Å². The summed E-state index contributed by atoms with van der Waals surface area (Å²) in [4.78, 5) is 3.68. The van der Waals surface area contributed by atoms with E-state index in [4.69, 9.17) is 0 Å². The number of aliphatic imine (C=N–C) groups is 1. The molecule has 0 aliphatic heterocycles. The van der Waals surface area contributed by atoms with Gasteiger partial charge in [0.15, 0.2) is 0 Å². The summed E-state index contributed by atoms with van der Waals surface area (Å²) in [6, 6.07) is 0. The van der Waals surface area contributed by atoms with E-state index < -0.39 is 0 Å². The molecule has 0 unspecified atom stereocenters. The molecule has 0 aromatic carbocycles. The van der Waals surface area contributed by atoms with Gasteiger partial charge in [0.2, 0.25) is 0 Å². The molecule has 2 heteroatoms. The van der Waals surface area contributed by atoms with Crippen LogP contribution in [0.15, 0.2) is 16.4 Å². The summed E-state index contributed by atoms with van der Waals surface area (Å²) >= 11 is 0. The van der Waals surface area contributed by atoms with Crippen LogP contribution in [0.2, 0.25) is 0 Å². The first kappa shape index (κ1) is 8.34. The first-order valence-electron chi connectivity index (χ1n) is 2.99. The van der Waals surface area contributed by atoms with Gasteiger partial charge in [0.1, 0.15) is 5.83 Å². The Labute approximate surface area is 55.3 Å². The number of hydrogen-bond donors (Lipinski definition) is 0. The Bertz CT molecular complexity index is 136. The number of halogens is 1. The molecule has 0 aromatic heterocycles. The van der Waals surface area contributed by atoms with Crippen LogP contribution in [0.4, 0.5) is 4.39 Å². The Hall–Kier alpha value is -0.660. The second-order valence-corrected chi connectivity index (χ2v) is 1.83. The molecule has 0 amide bonds. The summed E-state index contributed by atoms with van der Waals surface area (Å²) in [6.07, 6.45) is 1.98. The second kappa shape index (κ2) is 4.24. The van der Waals surface area contributed by atoms with Crippen LogP contribution in [0, 0.1) is 0 Å². The van der Waals surface area contributed by atoms with Crippen molar-refractivity contribution >= 4 is 6.21 Å². The Morgan fingerprint density at radius 1 is 1.67 bits per heavy atom. The van der Waals surface area contributed by atoms with E-state index in [0.29, 0.717) is 12.0 Å². The minimum atomic E-state index is -0.0828. The molecule has 1 nitrogen and oxygen atoms in total. The molecule has 52 valence electrons. The normalized spacial score (nSPS) is 14.2. The minimum absolute atomic E-state index is 0.0828. The van der Waals surface area contributed by atoms with Gasteiger partial charge in [-0.3, -0.25) is 4.99 Å². The molecular formula is C7H12FN. The van der Waals surface area contributed by atoms with Crippen molar-refractivity contribution < 1.29 is 4.39 Å². The van der Waals surface area contributed by atoms with Crippen molar-refractivity contribution in [1.82, 2.24) is 0 Å². The van der Waals surface area contributed by atoms with E-state index in [1.807, 2.05) is 0 Å². The zero-order chi connectivity index (χ0) is 7.28. The number of allylic oxidation sites excluding steroid dienone is 2. The third-order valence-corrected chi connectivity index (χ3v) is 1.06. The standard InChI is InChI=1S/C7H12FN/c1-4-7(8)6(2)5-9-3/h5H,4H2,1-3H3/b7-6+,9-5?. The molecule has 0 atom stereocenters. The summed E-state index contributed by atoms with van der Waals surface area (Å²) in [5.74, 6) is -0.0828. The first-order chi connectivity index (χ1) is 4.22. The van der Waals surface area contributed by atoms with Crippen LogP contribution in [0.1, 0.15) is 20.3 Å². The van der Waals surface area contributed by atoms with Crippen LogP contribution in [-0.2, 0) is 0 Å². The molecule has 0 aliphatic rings. The molecule has 0 bridgehead atoms. The van der Waals surface area contributed by atoms with Crippen LogP contribution in [0.3, 0.4) is 0 Å². The van der Waals surface area contributed by atoms with Crippen LogP contribution in [-0.4, -0.2) is 13.3 Å². The maximum absolute atomic E-state index is 12.5. The third-order valence-electron chi connectivity index (χ3n) is 1.06. The van der Waals surface area contributed by atoms with E-state index in [-0.39, 0.29) is 5.83 Å². The van der Waals surface area contributed by atoms with Gasteiger partial charge in [-0.25, -0.2) is 4.39 Å². The average molecular weight is 129 g/mol. The molecular weight excluding hydrogens is 117 g/mol. The van der Waals surface area contributed by atoms with Crippen LogP contribution >= 0.6 is 0 Å². The highest BCUT2D eigenvalue weighted by Gasteiger charge is 1.92. The van der Waals surface area contributed by atoms with Crippen molar-refractivity contribution in [1.29, 1.82) is 0 Å². The molecule has 0 aliphatic carbocycles. The van der Waals surface area contributed by atoms with Gasteiger partial charge < -0.3 is 0 Å². The summed E-state index contributed by atoms with van der Waals surface area (Å²) in [7, 11) is 1.63. The third kappa shape index (κ3) is 3.01. The number of nitrogens with zero attached hydrogens (tertiary/aromatic N) is 1. The lowest BCUT2D eigenvalue weighted by Gasteiger charge is -1.91. The highest BCUT2D eigenvalue weighted by Crippen LogP contribution is 2.06. The van der Waals surface area contributed by atoms with Crippen molar-refractivity contribution in [3.05, 3.63) is 11.4 Å². The fourth-order valence-corrected chi connectivity index (χ4v) is 0.543. The first-order valence-corrected chi connectivity index (χ1v) is 2.99. The topological polar surface area (TPSA) is 12.4 Å². The number of hydrogen-bond acceptors (Lipinski definition) is 1. The molecule has 0 rings (SSSR count). The molecule has 9 heavy (non-hydrogen) atoms. The lowest BCUT2D eigenvalue weighted by Crippen LogP contribution is -1.81. The maximum atomic E-state index is 12.5. The lowest BCUT2D eigenvalue weighted by atomic mass is 10.2. The second-order valence-electron chi connectivity index (χ2n) is 1.83. The van der Waals surface area contributed by atoms with Crippen LogP contribution in [0.5, 0.6) is 0 Å². The van der Waals surface area contributed by atoms with E-state index in [1.165, 1.54) is 6.21 Å². The Balaban J connectivity index is 4.10. The van der Waals surface area contributed by atoms with Crippen LogP contribution < -0.4 is 0 Å². The average Bonchev–Trinajstić information content (AvgIpc) is 1.87. The molecule has 0 N–H and O–H groups in total. The van der Waals surface area contributed by atoms with Crippen LogP contribution in [0.25, 0.3) is 0 Å². The molecule has 0 aromatic rings. The molecule has 0 saturated carbocycles. The summed E-state index contributed by atoms with van der Waals surface area (Å²) < 4.78 is 12.5. The van der Waals surface area contributed by atoms with Gasteiger partial charge in [-0.2, -0.15) is 0 Å². The monoisotopic (exact) mass is 129 g/mol. The van der Waals surface area contributed by atoms with E-state index in [2.05, 4.69) is 4.99 Å². The van der Waals surface area contributed by atoms with Gasteiger partial charge in [0, 0.05) is 13.3 Å². The van der Waals surface area contributed by atoms with Gasteiger partial charge in [0.25, 0.3) is 0 Å². The van der Waals surface area contributed by atoms with Crippen molar-refractivity contribution in [2.24, 2.45) is 4.99 Å². The van der Waals surface area contributed by atoms with Crippen molar-refractivity contribution in [3.8, 4) is 0 Å². The lowest BCUT2D eigenvalue weighted by molar-refractivity contribution is 0.598. The van der Waals surface area contributed by atoms with Gasteiger partial charge in [-0.1, -0.05) is 6.92 Å². The maximum Gasteiger partial charge on any atom is 0.104 e. The fraction of sp³-hybridized carbons (Fsp3) is 0.571. The van der Waals surface area contributed by atoms with E-state index in [1.54, 1.807) is 20.9 Å². The highest BCUT2D eigenvalue weighted by atomic mass is 19.1. The minimum Gasteiger partial charge on any atom is -0.296 e. The Morgan fingerprint density at radius 2 is 2.22 bits per heavy atom. The zero-order valence-electron chi connectivity index (χ0n) is 6.11. The fourth-order valence-electron chi connectivity index (χ4n) is 0.543. The Morgan fingerprint density at radius 3 is 2.56 bits per heavy atom. The molecule has 0 heterocycles. The quantitative estimate of drug-likeness (QED) is 0.507. The predicted octanol–water partition coefficient (Wildman–Crippen LogP) is 2.34. The largest absolute Gasteiger partial charge is 0.296 e. The Kier molecular flexibility index (Phi) is 3.93. The van der Waals surface area contributed by atoms with Crippen molar-refractivity contribution in [3.63, 3.8) is 0 Å². The highest BCUT2D eigenvalue weighted by molar-refractivity contribution is 5.78.